The maximum Gasteiger partial charge on any atom is 0.267 e. The molecule has 0 spiro atoms. The largest absolute Gasteiger partial charge is 0.479 e. The molecule has 3 nitrogen and oxygen atoms in total. The van der Waals surface area contributed by atoms with E-state index < -0.39 is 6.10 Å². The summed E-state index contributed by atoms with van der Waals surface area (Å²) in [5.41, 5.74) is 0.832. The molecule has 0 bridgehead atoms. The van der Waals surface area contributed by atoms with Crippen molar-refractivity contribution in [1.82, 2.24) is 0 Å². The lowest BCUT2D eigenvalue weighted by molar-refractivity contribution is -0.125. The third-order valence-corrected chi connectivity index (χ3v) is 3.94. The molecule has 1 aliphatic rings. The molecule has 0 aliphatic carbocycles. The lowest BCUT2D eigenvalue weighted by Gasteiger charge is -2.37. The van der Waals surface area contributed by atoms with Gasteiger partial charge in [-0.25, -0.2) is 0 Å². The summed E-state index contributed by atoms with van der Waals surface area (Å²) in [4.78, 5) is 14.1. The zero-order valence-electron chi connectivity index (χ0n) is 11.0. The highest BCUT2D eigenvalue weighted by molar-refractivity contribution is 7.80. The van der Waals surface area contributed by atoms with Crippen LogP contribution in [0.25, 0.3) is 0 Å². The molecule has 1 unspecified atom stereocenters. The Morgan fingerprint density at radius 2 is 2.06 bits per heavy atom. The van der Waals surface area contributed by atoms with Crippen molar-refractivity contribution in [1.29, 1.82) is 0 Å². The summed E-state index contributed by atoms with van der Waals surface area (Å²) in [7, 11) is 0. The maximum absolute atomic E-state index is 12.3. The number of ether oxygens (including phenoxy) is 1. The highest BCUT2D eigenvalue weighted by atomic mass is 32.1. The van der Waals surface area contributed by atoms with Crippen LogP contribution < -0.4 is 9.64 Å². The molecule has 0 radical (unpaired) electrons. The second kappa shape index (κ2) is 4.84. The molecule has 1 aromatic carbocycles. The van der Waals surface area contributed by atoms with E-state index in [9.17, 15) is 4.79 Å². The van der Waals surface area contributed by atoms with Crippen LogP contribution in [0.15, 0.2) is 24.3 Å². The van der Waals surface area contributed by atoms with Crippen LogP contribution in [0.1, 0.15) is 20.8 Å². The highest BCUT2D eigenvalue weighted by Crippen LogP contribution is 2.35. The Hall–Kier alpha value is -1.16. The second-order valence-corrected chi connectivity index (χ2v) is 5.79. The minimum atomic E-state index is -0.421. The lowest BCUT2D eigenvalue weighted by Crippen LogP contribution is -2.48. The molecule has 18 heavy (non-hydrogen) atoms. The Morgan fingerprint density at radius 1 is 1.39 bits per heavy atom. The first-order chi connectivity index (χ1) is 8.44. The van der Waals surface area contributed by atoms with Crippen molar-refractivity contribution >= 4 is 24.2 Å². The average molecular weight is 265 g/mol. The quantitative estimate of drug-likeness (QED) is 0.852. The fraction of sp³-hybridized carbons (Fsp3) is 0.500. The summed E-state index contributed by atoms with van der Waals surface area (Å²) in [5.74, 6) is 1.52. The number of hydrogen-bond acceptors (Lipinski definition) is 3. The van der Waals surface area contributed by atoms with Gasteiger partial charge < -0.3 is 9.64 Å². The predicted molar refractivity (Wildman–Crippen MR) is 76.5 cm³/mol. The number of carbonyl (C=O) groups excluding carboxylic acids is 1. The number of rotatable bonds is 3. The number of hydrogen-bond donors (Lipinski definition) is 1. The maximum atomic E-state index is 12.3. The minimum absolute atomic E-state index is 0.0172. The van der Waals surface area contributed by atoms with Gasteiger partial charge in [-0.3, -0.25) is 4.79 Å². The first-order valence-corrected chi connectivity index (χ1v) is 6.76. The fourth-order valence-corrected chi connectivity index (χ4v) is 2.10. The van der Waals surface area contributed by atoms with Crippen LogP contribution in [0.4, 0.5) is 5.69 Å². The van der Waals surface area contributed by atoms with Crippen LogP contribution in [0, 0.1) is 5.41 Å². The van der Waals surface area contributed by atoms with E-state index >= 15 is 0 Å². The first kappa shape index (κ1) is 13.3. The van der Waals surface area contributed by atoms with Crippen molar-refractivity contribution in [2.75, 3.05) is 17.2 Å². The molecule has 0 aromatic heterocycles. The van der Waals surface area contributed by atoms with E-state index in [-0.39, 0.29) is 11.3 Å². The van der Waals surface area contributed by atoms with Crippen molar-refractivity contribution in [3.05, 3.63) is 24.3 Å². The van der Waals surface area contributed by atoms with Crippen LogP contribution in [0.2, 0.25) is 0 Å². The minimum Gasteiger partial charge on any atom is -0.479 e. The molecule has 1 atom stereocenters. The van der Waals surface area contributed by atoms with E-state index in [1.807, 2.05) is 29.2 Å². The molecule has 1 aliphatic heterocycles. The third kappa shape index (κ3) is 2.48. The first-order valence-electron chi connectivity index (χ1n) is 6.12. The Kier molecular flexibility index (Phi) is 3.57. The van der Waals surface area contributed by atoms with Gasteiger partial charge in [0.15, 0.2) is 6.10 Å². The van der Waals surface area contributed by atoms with Gasteiger partial charge >= 0.3 is 0 Å². The van der Waals surface area contributed by atoms with Gasteiger partial charge in [0.1, 0.15) is 5.75 Å². The van der Waals surface area contributed by atoms with E-state index in [4.69, 9.17) is 4.74 Å². The van der Waals surface area contributed by atoms with E-state index in [2.05, 4.69) is 26.5 Å². The molecule has 4 heteroatoms. The van der Waals surface area contributed by atoms with Crippen LogP contribution in [0.3, 0.4) is 0 Å². The van der Waals surface area contributed by atoms with Crippen molar-refractivity contribution in [3.63, 3.8) is 0 Å². The monoisotopic (exact) mass is 265 g/mol. The number of carbonyl (C=O) groups is 1. The van der Waals surface area contributed by atoms with Crippen LogP contribution in [0.5, 0.6) is 5.75 Å². The number of nitrogens with zero attached hydrogens (tertiary/aromatic N) is 1. The smallest absolute Gasteiger partial charge is 0.267 e. The van der Waals surface area contributed by atoms with Gasteiger partial charge in [-0.2, -0.15) is 12.6 Å². The Bertz CT molecular complexity index is 459. The van der Waals surface area contributed by atoms with Gasteiger partial charge in [0.2, 0.25) is 0 Å². The third-order valence-electron chi connectivity index (χ3n) is 3.09. The molecule has 98 valence electrons. The van der Waals surface area contributed by atoms with E-state index in [1.54, 1.807) is 6.92 Å². The number of fused-ring (bicyclic) bond motifs is 1. The van der Waals surface area contributed by atoms with Crippen molar-refractivity contribution in [2.45, 2.75) is 26.9 Å². The van der Waals surface area contributed by atoms with Gasteiger partial charge in [0.05, 0.1) is 5.69 Å². The molecule has 0 fully saturated rings. The Labute approximate surface area is 114 Å². The number of amides is 1. The summed E-state index contributed by atoms with van der Waals surface area (Å²) >= 11 is 4.35. The summed E-state index contributed by atoms with van der Waals surface area (Å²) in [6.07, 6.45) is -0.421. The summed E-state index contributed by atoms with van der Waals surface area (Å²) < 4.78 is 5.61. The lowest BCUT2D eigenvalue weighted by atomic mass is 9.94. The van der Waals surface area contributed by atoms with Crippen molar-refractivity contribution < 1.29 is 9.53 Å². The summed E-state index contributed by atoms with van der Waals surface area (Å²) in [6, 6.07) is 7.67. The van der Waals surface area contributed by atoms with E-state index in [1.165, 1.54) is 0 Å². The Morgan fingerprint density at radius 3 is 2.72 bits per heavy atom. The van der Waals surface area contributed by atoms with Crippen LogP contribution in [-0.2, 0) is 4.79 Å². The van der Waals surface area contributed by atoms with Crippen molar-refractivity contribution in [2.24, 2.45) is 5.41 Å². The molecule has 1 amide bonds. The summed E-state index contributed by atoms with van der Waals surface area (Å²) in [5, 5.41) is 0. The summed E-state index contributed by atoms with van der Waals surface area (Å²) in [6.45, 7) is 6.66. The van der Waals surface area contributed by atoms with E-state index in [0.29, 0.717) is 6.54 Å². The SMILES string of the molecule is CC1Oc2ccccc2N(CC(C)(C)CS)C1=O. The van der Waals surface area contributed by atoms with Gasteiger partial charge in [-0.1, -0.05) is 26.0 Å². The second-order valence-electron chi connectivity index (χ2n) is 5.47. The number of thiol groups is 1. The fourth-order valence-electron chi connectivity index (χ4n) is 2.00. The van der Waals surface area contributed by atoms with Crippen LogP contribution in [-0.4, -0.2) is 24.3 Å². The molecule has 1 heterocycles. The number of para-hydroxylation sites is 2. The van der Waals surface area contributed by atoms with Gasteiger partial charge in [0.25, 0.3) is 5.91 Å². The number of anilines is 1. The predicted octanol–water partition coefficient (Wildman–Crippen LogP) is 2.76. The molecule has 0 saturated heterocycles. The molecular formula is C14H19NO2S. The van der Waals surface area contributed by atoms with Gasteiger partial charge in [0, 0.05) is 6.54 Å². The topological polar surface area (TPSA) is 29.5 Å². The van der Waals surface area contributed by atoms with Crippen molar-refractivity contribution in [3.8, 4) is 5.75 Å². The van der Waals surface area contributed by atoms with Crippen LogP contribution >= 0.6 is 12.6 Å². The van der Waals surface area contributed by atoms with Gasteiger partial charge in [-0.05, 0) is 30.2 Å². The zero-order valence-corrected chi connectivity index (χ0v) is 11.9. The Balaban J connectivity index is 2.36. The van der Waals surface area contributed by atoms with Gasteiger partial charge in [-0.15, -0.1) is 0 Å². The molecule has 0 saturated carbocycles. The average Bonchev–Trinajstić information content (AvgIpc) is 2.35. The molecule has 0 N–H and O–H groups in total. The standard InChI is InChI=1S/C14H19NO2S/c1-10-13(16)15(8-14(2,3)9-18)11-6-4-5-7-12(11)17-10/h4-7,10,18H,8-9H2,1-3H3. The normalized spacial score (nSPS) is 19.4. The molecule has 2 rings (SSSR count). The number of benzene rings is 1. The van der Waals surface area contributed by atoms with E-state index in [0.717, 1.165) is 17.2 Å². The molecule has 1 aromatic rings. The zero-order chi connectivity index (χ0) is 13.3. The highest BCUT2D eigenvalue weighted by Gasteiger charge is 2.34. The molecular weight excluding hydrogens is 246 g/mol.